The number of carbonyl (C=O) groups is 1. The Bertz CT molecular complexity index is 796. The Balaban J connectivity index is 1.47. The van der Waals surface area contributed by atoms with Gasteiger partial charge in [0.2, 0.25) is 0 Å². The molecule has 28 heavy (non-hydrogen) atoms. The number of benzene rings is 1. The number of aromatic nitrogens is 2. The minimum absolute atomic E-state index is 0.188. The van der Waals surface area contributed by atoms with Gasteiger partial charge in [-0.3, -0.25) is 4.90 Å². The smallest absolute Gasteiger partial charge is 0.409 e. The van der Waals surface area contributed by atoms with Crippen LogP contribution in [0.4, 0.5) is 4.79 Å². The molecule has 1 aromatic carbocycles. The maximum atomic E-state index is 12.0. The summed E-state index contributed by atoms with van der Waals surface area (Å²) in [7, 11) is 1.69. The molecule has 7 heteroatoms. The predicted molar refractivity (Wildman–Crippen MR) is 105 cm³/mol. The van der Waals surface area contributed by atoms with Crippen LogP contribution in [-0.2, 0) is 11.3 Å². The third-order valence-electron chi connectivity index (χ3n) is 5.89. The van der Waals surface area contributed by atoms with E-state index in [1.807, 2.05) is 24.0 Å². The number of aromatic amines is 1. The second-order valence-electron chi connectivity index (χ2n) is 7.44. The molecular weight excluding hydrogens is 356 g/mol. The number of ether oxygens (including phenoxy) is 2. The number of likely N-dealkylation sites (tertiary alicyclic amines) is 1. The van der Waals surface area contributed by atoms with Crippen LogP contribution in [0, 0.1) is 0 Å². The number of hydrogen-bond donors (Lipinski definition) is 1. The molecule has 7 nitrogen and oxygen atoms in total. The van der Waals surface area contributed by atoms with Crippen molar-refractivity contribution in [1.82, 2.24) is 19.8 Å². The topological polar surface area (TPSA) is 70.7 Å². The number of methoxy groups -OCH3 is 1. The molecule has 1 amide bonds. The van der Waals surface area contributed by atoms with Crippen LogP contribution in [0.1, 0.15) is 42.6 Å². The number of amides is 1. The van der Waals surface area contributed by atoms with E-state index in [0.717, 1.165) is 50.5 Å². The maximum Gasteiger partial charge on any atom is 0.409 e. The standard InChI is InChI=1S/C21H28N4O3/c1-3-28-21(26)24-10-8-16(9-11-24)25-12-18(20-19(13-25)22-14-23-20)15-4-6-17(27-2)7-5-15/h4-7,14,16,18H,3,8-13H2,1-2H3,(H,22,23). The van der Waals surface area contributed by atoms with Gasteiger partial charge in [-0.05, 0) is 37.5 Å². The predicted octanol–water partition coefficient (Wildman–Crippen LogP) is 2.99. The number of carbonyl (C=O) groups excluding carboxylic acids is 1. The summed E-state index contributed by atoms with van der Waals surface area (Å²) in [6.07, 6.45) is 3.55. The van der Waals surface area contributed by atoms with E-state index in [1.54, 1.807) is 13.4 Å². The highest BCUT2D eigenvalue weighted by atomic mass is 16.6. The number of fused-ring (bicyclic) bond motifs is 1. The van der Waals surface area contributed by atoms with Crippen LogP contribution in [-0.4, -0.2) is 65.3 Å². The van der Waals surface area contributed by atoms with E-state index in [9.17, 15) is 4.79 Å². The van der Waals surface area contributed by atoms with E-state index in [2.05, 4.69) is 27.0 Å². The number of H-pyrrole nitrogens is 1. The van der Waals surface area contributed by atoms with Crippen LogP contribution in [0.15, 0.2) is 30.6 Å². The molecule has 2 aliphatic heterocycles. The van der Waals surface area contributed by atoms with Crippen molar-refractivity contribution in [2.75, 3.05) is 33.4 Å². The Morgan fingerprint density at radius 3 is 2.68 bits per heavy atom. The van der Waals surface area contributed by atoms with Crippen LogP contribution in [0.5, 0.6) is 5.75 Å². The van der Waals surface area contributed by atoms with E-state index in [4.69, 9.17) is 9.47 Å². The van der Waals surface area contributed by atoms with Gasteiger partial charge in [-0.1, -0.05) is 12.1 Å². The summed E-state index contributed by atoms with van der Waals surface area (Å²) < 4.78 is 10.4. The molecule has 3 heterocycles. The molecule has 1 N–H and O–H groups in total. The monoisotopic (exact) mass is 384 g/mol. The fourth-order valence-corrected chi connectivity index (χ4v) is 4.35. The molecule has 1 saturated heterocycles. The van der Waals surface area contributed by atoms with Gasteiger partial charge in [-0.25, -0.2) is 9.78 Å². The summed E-state index contributed by atoms with van der Waals surface area (Å²) in [5.74, 6) is 1.11. The molecule has 4 rings (SSSR count). The lowest BCUT2D eigenvalue weighted by Gasteiger charge is -2.41. The molecular formula is C21H28N4O3. The minimum atomic E-state index is -0.188. The quantitative estimate of drug-likeness (QED) is 0.878. The van der Waals surface area contributed by atoms with Crippen molar-refractivity contribution in [3.8, 4) is 5.75 Å². The Kier molecular flexibility index (Phi) is 5.52. The number of imidazole rings is 1. The highest BCUT2D eigenvalue weighted by Gasteiger charge is 2.34. The highest BCUT2D eigenvalue weighted by Crippen LogP contribution is 2.34. The molecule has 0 radical (unpaired) electrons. The minimum Gasteiger partial charge on any atom is -0.497 e. The van der Waals surface area contributed by atoms with Gasteiger partial charge in [0.1, 0.15) is 5.75 Å². The first-order valence-electron chi connectivity index (χ1n) is 10.0. The number of hydrogen-bond acceptors (Lipinski definition) is 5. The van der Waals surface area contributed by atoms with Gasteiger partial charge >= 0.3 is 6.09 Å². The summed E-state index contributed by atoms with van der Waals surface area (Å²) in [6, 6.07) is 8.75. The summed E-state index contributed by atoms with van der Waals surface area (Å²) in [4.78, 5) is 24.3. The summed E-state index contributed by atoms with van der Waals surface area (Å²) in [5, 5.41) is 0. The third-order valence-corrected chi connectivity index (χ3v) is 5.89. The Morgan fingerprint density at radius 1 is 1.25 bits per heavy atom. The van der Waals surface area contributed by atoms with Gasteiger partial charge < -0.3 is 19.4 Å². The maximum absolute atomic E-state index is 12.0. The zero-order valence-corrected chi connectivity index (χ0v) is 16.6. The highest BCUT2D eigenvalue weighted by molar-refractivity contribution is 5.67. The molecule has 0 saturated carbocycles. The van der Waals surface area contributed by atoms with Crippen LogP contribution in [0.2, 0.25) is 0 Å². The van der Waals surface area contributed by atoms with E-state index >= 15 is 0 Å². The van der Waals surface area contributed by atoms with Crippen molar-refractivity contribution in [3.63, 3.8) is 0 Å². The van der Waals surface area contributed by atoms with Crippen molar-refractivity contribution in [3.05, 3.63) is 47.5 Å². The first kappa shape index (κ1) is 18.8. The molecule has 1 atom stereocenters. The van der Waals surface area contributed by atoms with Crippen molar-refractivity contribution in [2.24, 2.45) is 0 Å². The van der Waals surface area contributed by atoms with Crippen molar-refractivity contribution >= 4 is 6.09 Å². The number of nitrogens with one attached hydrogen (secondary N) is 1. The molecule has 1 unspecified atom stereocenters. The molecule has 2 aromatic rings. The van der Waals surface area contributed by atoms with Crippen molar-refractivity contribution in [1.29, 1.82) is 0 Å². The fourth-order valence-electron chi connectivity index (χ4n) is 4.35. The number of nitrogens with zero attached hydrogens (tertiary/aromatic N) is 3. The lowest BCUT2D eigenvalue weighted by molar-refractivity contribution is 0.0681. The summed E-state index contributed by atoms with van der Waals surface area (Å²) >= 11 is 0. The fraction of sp³-hybridized carbons (Fsp3) is 0.524. The lowest BCUT2D eigenvalue weighted by Crippen LogP contribution is -2.49. The van der Waals surface area contributed by atoms with E-state index in [1.165, 1.54) is 11.3 Å². The first-order chi connectivity index (χ1) is 13.7. The van der Waals surface area contributed by atoms with Crippen LogP contribution < -0.4 is 4.74 Å². The van der Waals surface area contributed by atoms with Crippen LogP contribution in [0.3, 0.4) is 0 Å². The van der Waals surface area contributed by atoms with Gasteiger partial charge in [0.25, 0.3) is 0 Å². The van der Waals surface area contributed by atoms with Gasteiger partial charge in [-0.2, -0.15) is 0 Å². The Morgan fingerprint density at radius 2 is 2.00 bits per heavy atom. The number of piperidine rings is 1. The Labute approximate surface area is 165 Å². The van der Waals surface area contributed by atoms with E-state index in [-0.39, 0.29) is 12.0 Å². The van der Waals surface area contributed by atoms with E-state index in [0.29, 0.717) is 12.6 Å². The SMILES string of the molecule is CCOC(=O)N1CCC(N2Cc3[nH]cnc3C(c3ccc(OC)cc3)C2)CC1. The third kappa shape index (κ3) is 3.71. The summed E-state index contributed by atoms with van der Waals surface area (Å²) in [5.41, 5.74) is 3.59. The molecule has 2 aliphatic rings. The molecule has 0 spiro atoms. The first-order valence-corrected chi connectivity index (χ1v) is 10.0. The lowest BCUT2D eigenvalue weighted by atomic mass is 9.89. The second kappa shape index (κ2) is 8.22. The Hall–Kier alpha value is -2.54. The van der Waals surface area contributed by atoms with Gasteiger partial charge in [-0.15, -0.1) is 0 Å². The van der Waals surface area contributed by atoms with Gasteiger partial charge in [0.15, 0.2) is 0 Å². The molecule has 0 aliphatic carbocycles. The second-order valence-corrected chi connectivity index (χ2v) is 7.44. The molecule has 150 valence electrons. The largest absolute Gasteiger partial charge is 0.497 e. The molecule has 1 fully saturated rings. The van der Waals surface area contributed by atoms with Crippen LogP contribution >= 0.6 is 0 Å². The van der Waals surface area contributed by atoms with Gasteiger partial charge in [0, 0.05) is 38.1 Å². The van der Waals surface area contributed by atoms with E-state index < -0.39 is 0 Å². The zero-order valence-electron chi connectivity index (χ0n) is 16.6. The van der Waals surface area contributed by atoms with Crippen LogP contribution in [0.25, 0.3) is 0 Å². The summed E-state index contributed by atoms with van der Waals surface area (Å²) in [6.45, 7) is 5.60. The average Bonchev–Trinajstić information content (AvgIpc) is 3.22. The van der Waals surface area contributed by atoms with Crippen molar-refractivity contribution < 1.29 is 14.3 Å². The molecule has 0 bridgehead atoms. The van der Waals surface area contributed by atoms with Gasteiger partial charge in [0.05, 0.1) is 31.4 Å². The van der Waals surface area contributed by atoms with Crippen molar-refractivity contribution in [2.45, 2.75) is 38.3 Å². The normalized spacial score (nSPS) is 20.6. The average molecular weight is 384 g/mol. The molecule has 1 aromatic heterocycles. The zero-order chi connectivity index (χ0) is 19.5. The number of rotatable bonds is 4.